The number of carbonyl (C=O) groups excluding carboxylic acids is 1. The minimum Gasteiger partial charge on any atom is -0.333 e. The molecule has 1 aromatic carbocycles. The van der Waals surface area contributed by atoms with Crippen LogP contribution in [0.4, 0.5) is 5.13 Å². The summed E-state index contributed by atoms with van der Waals surface area (Å²) in [6, 6.07) is 7.83. The Hall–Kier alpha value is -1.58. The van der Waals surface area contributed by atoms with Crippen molar-refractivity contribution in [1.29, 1.82) is 0 Å². The summed E-state index contributed by atoms with van der Waals surface area (Å²) in [6.07, 6.45) is 0.697. The van der Waals surface area contributed by atoms with Crippen LogP contribution in [0, 0.1) is 0 Å². The summed E-state index contributed by atoms with van der Waals surface area (Å²) in [7, 11) is 0. The van der Waals surface area contributed by atoms with Crippen LogP contribution in [0.25, 0.3) is 11.0 Å². The van der Waals surface area contributed by atoms with E-state index in [-0.39, 0.29) is 11.2 Å². The molecule has 2 N–H and O–H groups in total. The minimum atomic E-state index is -0.239. The smallest absolute Gasteiger partial charge is 0.239 e. The molecule has 9 heteroatoms. The van der Waals surface area contributed by atoms with Crippen molar-refractivity contribution in [3.63, 3.8) is 0 Å². The van der Waals surface area contributed by atoms with Crippen LogP contribution in [-0.4, -0.2) is 37.1 Å². The van der Waals surface area contributed by atoms with Crippen LogP contribution in [0.5, 0.6) is 0 Å². The lowest BCUT2D eigenvalue weighted by molar-refractivity contribution is -0.115. The average Bonchev–Trinajstić information content (AvgIpc) is 3.18. The van der Waals surface area contributed by atoms with Gasteiger partial charge in [0.05, 0.1) is 16.3 Å². The predicted molar refractivity (Wildman–Crippen MR) is 101 cm³/mol. The molecule has 0 aliphatic rings. The van der Waals surface area contributed by atoms with E-state index in [1.165, 1.54) is 23.1 Å². The molecule has 0 bridgehead atoms. The van der Waals surface area contributed by atoms with Crippen LogP contribution in [0.3, 0.4) is 0 Å². The molecule has 3 aromatic rings. The third-order valence-electron chi connectivity index (χ3n) is 3.19. The van der Waals surface area contributed by atoms with Gasteiger partial charge in [0, 0.05) is 0 Å². The fraction of sp³-hybridized carbons (Fsp3) is 0.333. The van der Waals surface area contributed by atoms with Gasteiger partial charge in [-0.1, -0.05) is 60.8 Å². The van der Waals surface area contributed by atoms with E-state index in [9.17, 15) is 4.79 Å². The third-order valence-corrected chi connectivity index (χ3v) is 6.29. The van der Waals surface area contributed by atoms with Gasteiger partial charge in [0.2, 0.25) is 11.0 Å². The zero-order valence-electron chi connectivity index (χ0n) is 13.3. The fourth-order valence-electron chi connectivity index (χ4n) is 2.07. The van der Waals surface area contributed by atoms with Gasteiger partial charge in [-0.2, -0.15) is 0 Å². The van der Waals surface area contributed by atoms with Gasteiger partial charge >= 0.3 is 0 Å². The molecule has 1 amide bonds. The predicted octanol–water partition coefficient (Wildman–Crippen LogP) is 4.04. The molecule has 2 heterocycles. The van der Waals surface area contributed by atoms with Crippen LogP contribution in [-0.2, 0) is 4.79 Å². The second-order valence-corrected chi connectivity index (χ2v) is 8.55. The number of nitrogens with zero attached hydrogens (tertiary/aromatic N) is 3. The van der Waals surface area contributed by atoms with Crippen molar-refractivity contribution < 1.29 is 4.79 Å². The highest BCUT2D eigenvalue weighted by molar-refractivity contribution is 8.01. The first kappa shape index (κ1) is 17.2. The fourth-order valence-corrected chi connectivity index (χ4v) is 4.64. The Morgan fingerprint density at radius 1 is 1.33 bits per heavy atom. The zero-order valence-corrected chi connectivity index (χ0v) is 15.7. The maximum absolute atomic E-state index is 12.5. The summed E-state index contributed by atoms with van der Waals surface area (Å²) in [5, 5.41) is 12.0. The normalized spacial score (nSPS) is 12.4. The van der Waals surface area contributed by atoms with Gasteiger partial charge in [-0.25, -0.2) is 4.98 Å². The molecule has 126 valence electrons. The Labute approximate surface area is 152 Å². The maximum atomic E-state index is 12.5. The number of fused-ring (bicyclic) bond motifs is 1. The highest BCUT2D eigenvalue weighted by Gasteiger charge is 2.21. The molecular formula is C15H17N5OS3. The van der Waals surface area contributed by atoms with Crippen LogP contribution in [0.15, 0.2) is 33.8 Å². The zero-order chi connectivity index (χ0) is 16.9. The number of amides is 1. The van der Waals surface area contributed by atoms with Crippen LogP contribution >= 0.6 is 34.9 Å². The maximum Gasteiger partial charge on any atom is 0.239 e. The summed E-state index contributed by atoms with van der Waals surface area (Å²) < 4.78 is 0.866. The largest absolute Gasteiger partial charge is 0.333 e. The number of anilines is 1. The SMILES string of the molecule is CCSc1nnc(NC(=O)C(CC)Sc2nc3ccccc3[nH]2)s1. The molecule has 0 spiro atoms. The number of hydrogen-bond donors (Lipinski definition) is 2. The molecule has 0 saturated heterocycles. The van der Waals surface area contributed by atoms with Crippen LogP contribution in [0.1, 0.15) is 20.3 Å². The minimum absolute atomic E-state index is 0.0767. The quantitative estimate of drug-likeness (QED) is 0.476. The second kappa shape index (κ2) is 8.00. The Morgan fingerprint density at radius 3 is 2.92 bits per heavy atom. The molecule has 1 atom stereocenters. The number of H-pyrrole nitrogens is 1. The summed E-state index contributed by atoms with van der Waals surface area (Å²) in [4.78, 5) is 20.2. The van der Waals surface area contributed by atoms with Gasteiger partial charge in [0.25, 0.3) is 0 Å². The van der Waals surface area contributed by atoms with E-state index in [2.05, 4.69) is 32.4 Å². The number of carbonyl (C=O) groups is 1. The van der Waals surface area contributed by atoms with E-state index in [1.54, 1.807) is 11.8 Å². The lowest BCUT2D eigenvalue weighted by atomic mass is 10.3. The molecule has 0 fully saturated rings. The number of aromatic amines is 1. The van der Waals surface area contributed by atoms with E-state index >= 15 is 0 Å². The average molecular weight is 380 g/mol. The van der Waals surface area contributed by atoms with E-state index in [4.69, 9.17) is 0 Å². The summed E-state index contributed by atoms with van der Waals surface area (Å²) >= 11 is 4.45. The standard InChI is InChI=1S/C15H17N5OS3/c1-3-11(12(21)18-14-19-20-15(24-14)22-4-2)23-13-16-9-7-5-6-8-10(9)17-13/h5-8,11H,3-4H2,1-2H3,(H,16,17)(H,18,19,21). The Balaban J connectivity index is 1.66. The van der Waals surface area contributed by atoms with Crippen molar-refractivity contribution in [3.8, 4) is 0 Å². The van der Waals surface area contributed by atoms with Crippen molar-refractivity contribution in [2.45, 2.75) is 35.0 Å². The molecule has 24 heavy (non-hydrogen) atoms. The van der Waals surface area contributed by atoms with Crippen molar-refractivity contribution in [1.82, 2.24) is 20.2 Å². The van der Waals surface area contributed by atoms with Crippen LogP contribution < -0.4 is 5.32 Å². The van der Waals surface area contributed by atoms with E-state index < -0.39 is 0 Å². The molecular weight excluding hydrogens is 362 g/mol. The molecule has 3 rings (SSSR count). The number of nitrogens with one attached hydrogen (secondary N) is 2. The number of aromatic nitrogens is 4. The van der Waals surface area contributed by atoms with Gasteiger partial charge in [-0.05, 0) is 24.3 Å². The van der Waals surface area contributed by atoms with Crippen LogP contribution in [0.2, 0.25) is 0 Å². The summed E-state index contributed by atoms with van der Waals surface area (Å²) in [5.41, 5.74) is 1.88. The summed E-state index contributed by atoms with van der Waals surface area (Å²) in [6.45, 7) is 4.04. The Kier molecular flexibility index (Phi) is 5.75. The molecule has 0 saturated carbocycles. The first-order valence-corrected chi connectivity index (χ1v) is 10.3. The topological polar surface area (TPSA) is 83.6 Å². The van der Waals surface area contributed by atoms with Crippen molar-refractivity contribution >= 4 is 56.9 Å². The first-order chi connectivity index (χ1) is 11.7. The highest BCUT2D eigenvalue weighted by Crippen LogP contribution is 2.28. The molecule has 2 aromatic heterocycles. The van der Waals surface area contributed by atoms with E-state index in [0.717, 1.165) is 26.3 Å². The molecule has 0 aliphatic carbocycles. The molecule has 0 radical (unpaired) electrons. The number of rotatable bonds is 7. The monoisotopic (exact) mass is 379 g/mol. The summed E-state index contributed by atoms with van der Waals surface area (Å²) in [5.74, 6) is 0.856. The van der Waals surface area contributed by atoms with Gasteiger partial charge < -0.3 is 4.98 Å². The lowest BCUT2D eigenvalue weighted by Crippen LogP contribution is -2.24. The third kappa shape index (κ3) is 4.08. The van der Waals surface area contributed by atoms with Crippen molar-refractivity contribution in [3.05, 3.63) is 24.3 Å². The molecule has 1 unspecified atom stereocenters. The van der Waals surface area contributed by atoms with Gasteiger partial charge in [-0.15, -0.1) is 10.2 Å². The van der Waals surface area contributed by atoms with Crippen molar-refractivity contribution in [2.75, 3.05) is 11.1 Å². The van der Waals surface area contributed by atoms with E-state index in [0.29, 0.717) is 11.6 Å². The van der Waals surface area contributed by atoms with E-state index in [1.807, 2.05) is 31.2 Å². The number of benzene rings is 1. The Morgan fingerprint density at radius 2 is 2.17 bits per heavy atom. The molecule has 0 aliphatic heterocycles. The second-order valence-electron chi connectivity index (χ2n) is 4.87. The first-order valence-electron chi connectivity index (χ1n) is 7.58. The Bertz CT molecular complexity index is 798. The lowest BCUT2D eigenvalue weighted by Gasteiger charge is -2.11. The van der Waals surface area contributed by atoms with Gasteiger partial charge in [0.1, 0.15) is 0 Å². The molecule has 6 nitrogen and oxygen atoms in total. The number of imidazole rings is 1. The highest BCUT2D eigenvalue weighted by atomic mass is 32.2. The van der Waals surface area contributed by atoms with Gasteiger partial charge in [0.15, 0.2) is 9.50 Å². The number of hydrogen-bond acceptors (Lipinski definition) is 7. The van der Waals surface area contributed by atoms with Crippen molar-refractivity contribution in [2.24, 2.45) is 0 Å². The number of para-hydroxylation sites is 2. The van der Waals surface area contributed by atoms with Gasteiger partial charge in [-0.3, -0.25) is 10.1 Å². The number of thioether (sulfide) groups is 2.